The minimum absolute atomic E-state index is 0.0134. The highest BCUT2D eigenvalue weighted by Crippen LogP contribution is 2.42. The molecule has 2 unspecified atom stereocenters. The van der Waals surface area contributed by atoms with E-state index in [1.54, 1.807) is 12.1 Å². The molecule has 0 aromatic heterocycles. The van der Waals surface area contributed by atoms with E-state index in [9.17, 15) is 35.9 Å². The van der Waals surface area contributed by atoms with Crippen LogP contribution < -0.4 is 10.6 Å². The van der Waals surface area contributed by atoms with Gasteiger partial charge >= 0.3 is 12.4 Å². The van der Waals surface area contributed by atoms with Crippen molar-refractivity contribution in [2.45, 2.75) is 24.3 Å². The molecule has 0 aliphatic carbocycles. The number of nitrogens with zero attached hydrogens (tertiary/aromatic N) is 1. The Labute approximate surface area is 202 Å². The number of benzene rings is 2. The predicted octanol–water partition coefficient (Wildman–Crippen LogP) is 3.74. The largest absolute Gasteiger partial charge is 0.416 e. The quantitative estimate of drug-likeness (QED) is 0.596. The molecule has 2 aromatic rings. The summed E-state index contributed by atoms with van der Waals surface area (Å²) in [6, 6.07) is 5.69. The zero-order valence-corrected chi connectivity index (χ0v) is 18.9. The fraction of sp³-hybridized carbons (Fsp3) is 0.417. The lowest BCUT2D eigenvalue weighted by Crippen LogP contribution is -2.47. The summed E-state index contributed by atoms with van der Waals surface area (Å²) in [5.41, 5.74) is -3.15. The van der Waals surface area contributed by atoms with Gasteiger partial charge in [-0.1, -0.05) is 18.2 Å². The third-order valence-corrected chi connectivity index (χ3v) is 6.24. The number of carbonyl (C=O) groups excluding carboxylic acids is 2. The summed E-state index contributed by atoms with van der Waals surface area (Å²) in [4.78, 5) is 28.1. The lowest BCUT2D eigenvalue weighted by atomic mass is 9.80. The number of carbonyl (C=O) groups is 2. The second-order valence-electron chi connectivity index (χ2n) is 8.60. The Hall–Kier alpha value is -3.12. The number of alkyl halides is 6. The van der Waals surface area contributed by atoms with Crippen LogP contribution in [0.25, 0.3) is 0 Å². The van der Waals surface area contributed by atoms with Gasteiger partial charge in [0.25, 0.3) is 5.91 Å². The molecule has 0 spiro atoms. The van der Waals surface area contributed by atoms with Crippen molar-refractivity contribution in [2.24, 2.45) is 0 Å². The van der Waals surface area contributed by atoms with Crippen LogP contribution in [0, 0.1) is 0 Å². The van der Waals surface area contributed by atoms with Gasteiger partial charge in [0, 0.05) is 31.7 Å². The second kappa shape index (κ2) is 10.1. The van der Waals surface area contributed by atoms with Gasteiger partial charge in [0.15, 0.2) is 0 Å². The number of hydrogen-bond donors (Lipinski definition) is 2. The minimum atomic E-state index is -5.07. The molecule has 2 aliphatic heterocycles. The molecule has 0 radical (unpaired) electrons. The van der Waals surface area contributed by atoms with E-state index in [4.69, 9.17) is 4.74 Å². The first-order valence-corrected chi connectivity index (χ1v) is 11.2. The highest BCUT2D eigenvalue weighted by Gasteiger charge is 2.42. The Kier molecular flexibility index (Phi) is 7.28. The molecule has 4 rings (SSSR count). The molecular formula is C24H23F6N3O3. The first-order valence-electron chi connectivity index (χ1n) is 11.2. The molecule has 12 heteroatoms. The smallest absolute Gasteiger partial charge is 0.379 e. The standard InChI is InChI=1S/C24H23F6N3O3/c25-23(26,27)15-11-14(12-16(13-15)24(28,29)30)20-19(17-3-1-2-4-18(17)21(34)32-20)22(35)31-5-6-33-7-9-36-10-8-33/h1-4,11-13,19-20H,5-10H2,(H,31,35)(H,32,34). The number of ether oxygens (including phenoxy) is 1. The van der Waals surface area contributed by atoms with Crippen molar-refractivity contribution in [1.29, 1.82) is 0 Å². The van der Waals surface area contributed by atoms with Gasteiger partial charge < -0.3 is 15.4 Å². The van der Waals surface area contributed by atoms with E-state index < -0.39 is 52.8 Å². The zero-order chi connectivity index (χ0) is 26.1. The van der Waals surface area contributed by atoms with Crippen molar-refractivity contribution in [3.8, 4) is 0 Å². The Balaban J connectivity index is 1.70. The zero-order valence-electron chi connectivity index (χ0n) is 18.9. The summed E-state index contributed by atoms with van der Waals surface area (Å²) in [7, 11) is 0. The second-order valence-corrected chi connectivity index (χ2v) is 8.60. The molecule has 1 fully saturated rings. The molecule has 36 heavy (non-hydrogen) atoms. The number of halogens is 6. The van der Waals surface area contributed by atoms with Crippen molar-refractivity contribution in [3.05, 3.63) is 70.3 Å². The number of hydrogen-bond acceptors (Lipinski definition) is 4. The molecule has 0 bridgehead atoms. The van der Waals surface area contributed by atoms with Gasteiger partial charge in [-0.2, -0.15) is 26.3 Å². The SMILES string of the molecule is O=C1NC(c2cc(C(F)(F)F)cc(C(F)(F)F)c2)C(C(=O)NCCN2CCOCC2)c2ccccc21. The molecule has 1 saturated heterocycles. The molecule has 6 nitrogen and oxygen atoms in total. The van der Waals surface area contributed by atoms with E-state index in [2.05, 4.69) is 15.5 Å². The van der Waals surface area contributed by atoms with Crippen LogP contribution in [0.15, 0.2) is 42.5 Å². The number of amides is 2. The van der Waals surface area contributed by atoms with Crippen molar-refractivity contribution >= 4 is 11.8 Å². The average Bonchev–Trinajstić information content (AvgIpc) is 2.83. The number of fused-ring (bicyclic) bond motifs is 1. The average molecular weight is 515 g/mol. The van der Waals surface area contributed by atoms with E-state index in [0.29, 0.717) is 45.0 Å². The molecule has 0 saturated carbocycles. The lowest BCUT2D eigenvalue weighted by Gasteiger charge is -2.34. The van der Waals surface area contributed by atoms with Gasteiger partial charge in [-0.05, 0) is 35.4 Å². The molecule has 2 aromatic carbocycles. The summed E-state index contributed by atoms with van der Waals surface area (Å²) in [6.07, 6.45) is -10.1. The molecule has 2 amide bonds. The fourth-order valence-electron chi connectivity index (χ4n) is 4.46. The van der Waals surface area contributed by atoms with Crippen LogP contribution >= 0.6 is 0 Å². The Morgan fingerprint density at radius 2 is 1.61 bits per heavy atom. The molecular weight excluding hydrogens is 492 g/mol. The van der Waals surface area contributed by atoms with Crippen molar-refractivity contribution in [1.82, 2.24) is 15.5 Å². The topological polar surface area (TPSA) is 70.7 Å². The van der Waals surface area contributed by atoms with Crippen LogP contribution in [0.5, 0.6) is 0 Å². The maximum absolute atomic E-state index is 13.5. The molecule has 2 aliphatic rings. The first kappa shape index (κ1) is 26.0. The minimum Gasteiger partial charge on any atom is -0.379 e. The molecule has 2 heterocycles. The highest BCUT2D eigenvalue weighted by molar-refractivity contribution is 6.01. The molecule has 194 valence electrons. The van der Waals surface area contributed by atoms with E-state index in [0.717, 1.165) is 0 Å². The summed E-state index contributed by atoms with van der Waals surface area (Å²) in [6.45, 7) is 3.14. The van der Waals surface area contributed by atoms with Crippen molar-refractivity contribution in [3.63, 3.8) is 0 Å². The van der Waals surface area contributed by atoms with Gasteiger partial charge in [-0.25, -0.2) is 0 Å². The maximum Gasteiger partial charge on any atom is 0.416 e. The monoisotopic (exact) mass is 515 g/mol. The van der Waals surface area contributed by atoms with Gasteiger partial charge in [0.05, 0.1) is 36.3 Å². The summed E-state index contributed by atoms with van der Waals surface area (Å²) in [5, 5.41) is 5.18. The van der Waals surface area contributed by atoms with E-state index >= 15 is 0 Å². The van der Waals surface area contributed by atoms with E-state index in [1.807, 2.05) is 0 Å². The van der Waals surface area contributed by atoms with E-state index in [1.165, 1.54) is 12.1 Å². The summed E-state index contributed by atoms with van der Waals surface area (Å²) < 4.78 is 86.1. The maximum atomic E-state index is 13.5. The third-order valence-electron chi connectivity index (χ3n) is 6.24. The summed E-state index contributed by atoms with van der Waals surface area (Å²) in [5.74, 6) is -2.56. The van der Waals surface area contributed by atoms with Gasteiger partial charge in [-0.3, -0.25) is 14.5 Å². The van der Waals surface area contributed by atoms with Gasteiger partial charge in [0.1, 0.15) is 0 Å². The van der Waals surface area contributed by atoms with Crippen LogP contribution in [0.4, 0.5) is 26.3 Å². The van der Waals surface area contributed by atoms with Crippen LogP contribution in [0.1, 0.15) is 44.6 Å². The normalized spacial score (nSPS) is 21.0. The Morgan fingerprint density at radius 1 is 1.00 bits per heavy atom. The highest BCUT2D eigenvalue weighted by atomic mass is 19.4. The summed E-state index contributed by atoms with van der Waals surface area (Å²) >= 11 is 0. The number of rotatable bonds is 5. The van der Waals surface area contributed by atoms with Crippen LogP contribution in [-0.2, 0) is 21.9 Å². The van der Waals surface area contributed by atoms with Gasteiger partial charge in [0.2, 0.25) is 5.91 Å². The predicted molar refractivity (Wildman–Crippen MR) is 116 cm³/mol. The lowest BCUT2D eigenvalue weighted by molar-refractivity contribution is -0.143. The van der Waals surface area contributed by atoms with Crippen LogP contribution in [0.3, 0.4) is 0 Å². The third kappa shape index (κ3) is 5.65. The van der Waals surface area contributed by atoms with Crippen molar-refractivity contribution in [2.75, 3.05) is 39.4 Å². The number of nitrogens with one attached hydrogen (secondary N) is 2. The van der Waals surface area contributed by atoms with Crippen molar-refractivity contribution < 1.29 is 40.7 Å². The number of morpholine rings is 1. The Bertz CT molecular complexity index is 1100. The molecule has 2 N–H and O–H groups in total. The van der Waals surface area contributed by atoms with Crippen LogP contribution in [-0.4, -0.2) is 56.1 Å². The first-order chi connectivity index (χ1) is 16.9. The Morgan fingerprint density at radius 3 is 2.22 bits per heavy atom. The molecule has 2 atom stereocenters. The van der Waals surface area contributed by atoms with Crippen LogP contribution in [0.2, 0.25) is 0 Å². The van der Waals surface area contributed by atoms with E-state index in [-0.39, 0.29) is 23.7 Å². The van der Waals surface area contributed by atoms with Gasteiger partial charge in [-0.15, -0.1) is 0 Å². The fourth-order valence-corrected chi connectivity index (χ4v) is 4.46.